The van der Waals surface area contributed by atoms with Crippen molar-refractivity contribution in [1.82, 2.24) is 5.43 Å². The number of hydrogen-bond acceptors (Lipinski definition) is 2. The predicted octanol–water partition coefficient (Wildman–Crippen LogP) is 4.19. The Balaban J connectivity index is 2.01. The number of rotatable bonds is 6. The standard InChI is InChI=1S/C18H23BrN2/c1-13(2)16-8-6-14(7-9-16)11-18(21-20)12-15-4-3-5-17(19)10-15/h3-10,13,18,21H,11-12,20H2,1-2H3. The Morgan fingerprint density at radius 2 is 1.67 bits per heavy atom. The smallest absolute Gasteiger partial charge is 0.0291 e. The second kappa shape index (κ2) is 7.74. The monoisotopic (exact) mass is 346 g/mol. The summed E-state index contributed by atoms with van der Waals surface area (Å²) >= 11 is 3.51. The molecule has 0 radical (unpaired) electrons. The van der Waals surface area contributed by atoms with Gasteiger partial charge in [0.15, 0.2) is 0 Å². The molecule has 112 valence electrons. The Hall–Kier alpha value is -1.16. The second-order valence-electron chi connectivity index (χ2n) is 5.80. The Morgan fingerprint density at radius 3 is 2.24 bits per heavy atom. The minimum absolute atomic E-state index is 0.240. The summed E-state index contributed by atoms with van der Waals surface area (Å²) in [4.78, 5) is 0. The number of nitrogens with two attached hydrogens (primary N) is 1. The average molecular weight is 347 g/mol. The molecule has 3 heteroatoms. The van der Waals surface area contributed by atoms with Gasteiger partial charge in [0.05, 0.1) is 0 Å². The summed E-state index contributed by atoms with van der Waals surface area (Å²) in [5, 5.41) is 0. The summed E-state index contributed by atoms with van der Waals surface area (Å²) in [7, 11) is 0. The van der Waals surface area contributed by atoms with Gasteiger partial charge in [0, 0.05) is 10.5 Å². The fraction of sp³-hybridized carbons (Fsp3) is 0.333. The van der Waals surface area contributed by atoms with Crippen LogP contribution in [-0.2, 0) is 12.8 Å². The Labute approximate surface area is 135 Å². The molecule has 0 aliphatic rings. The molecule has 0 amide bonds. The van der Waals surface area contributed by atoms with Crippen molar-refractivity contribution in [2.75, 3.05) is 0 Å². The van der Waals surface area contributed by atoms with Crippen LogP contribution in [0.25, 0.3) is 0 Å². The fourth-order valence-corrected chi connectivity index (χ4v) is 2.91. The van der Waals surface area contributed by atoms with Crippen molar-refractivity contribution in [2.45, 2.75) is 38.6 Å². The van der Waals surface area contributed by atoms with Crippen LogP contribution < -0.4 is 11.3 Å². The molecule has 0 saturated carbocycles. The van der Waals surface area contributed by atoms with Gasteiger partial charge in [0.1, 0.15) is 0 Å². The Bertz CT molecular complexity index is 564. The van der Waals surface area contributed by atoms with E-state index < -0.39 is 0 Å². The van der Waals surface area contributed by atoms with Gasteiger partial charge in [-0.15, -0.1) is 0 Å². The lowest BCUT2D eigenvalue weighted by Crippen LogP contribution is -2.38. The van der Waals surface area contributed by atoms with E-state index in [0.717, 1.165) is 17.3 Å². The molecular weight excluding hydrogens is 324 g/mol. The van der Waals surface area contributed by atoms with E-state index in [-0.39, 0.29) is 6.04 Å². The highest BCUT2D eigenvalue weighted by Crippen LogP contribution is 2.17. The van der Waals surface area contributed by atoms with Crippen LogP contribution in [0.15, 0.2) is 53.0 Å². The highest BCUT2D eigenvalue weighted by molar-refractivity contribution is 9.10. The number of nitrogens with one attached hydrogen (secondary N) is 1. The lowest BCUT2D eigenvalue weighted by molar-refractivity contribution is 0.522. The Kier molecular flexibility index (Phi) is 5.97. The first-order valence-corrected chi connectivity index (χ1v) is 8.17. The third kappa shape index (κ3) is 4.95. The summed E-state index contributed by atoms with van der Waals surface area (Å²) in [6.07, 6.45) is 1.85. The number of halogens is 1. The van der Waals surface area contributed by atoms with Crippen molar-refractivity contribution in [2.24, 2.45) is 5.84 Å². The molecule has 2 nitrogen and oxygen atoms in total. The van der Waals surface area contributed by atoms with Crippen molar-refractivity contribution in [3.63, 3.8) is 0 Å². The molecule has 1 atom stereocenters. The molecule has 21 heavy (non-hydrogen) atoms. The maximum Gasteiger partial charge on any atom is 0.0291 e. The molecule has 0 aliphatic carbocycles. The molecule has 0 aromatic heterocycles. The predicted molar refractivity (Wildman–Crippen MR) is 93.2 cm³/mol. The van der Waals surface area contributed by atoms with Crippen LogP contribution in [-0.4, -0.2) is 6.04 Å². The van der Waals surface area contributed by atoms with Crippen molar-refractivity contribution >= 4 is 15.9 Å². The summed E-state index contributed by atoms with van der Waals surface area (Å²) in [6.45, 7) is 4.43. The van der Waals surface area contributed by atoms with Gasteiger partial charge in [-0.25, -0.2) is 0 Å². The normalized spacial score (nSPS) is 12.6. The van der Waals surface area contributed by atoms with Gasteiger partial charge in [-0.1, -0.05) is 66.2 Å². The van der Waals surface area contributed by atoms with Gasteiger partial charge in [-0.3, -0.25) is 11.3 Å². The first-order valence-electron chi connectivity index (χ1n) is 7.38. The minimum Gasteiger partial charge on any atom is -0.271 e. The molecule has 0 heterocycles. The lowest BCUT2D eigenvalue weighted by Gasteiger charge is -2.17. The third-order valence-electron chi connectivity index (χ3n) is 3.74. The quantitative estimate of drug-likeness (QED) is 0.607. The van der Waals surface area contributed by atoms with Crippen LogP contribution in [0.1, 0.15) is 36.5 Å². The minimum atomic E-state index is 0.240. The molecule has 2 rings (SSSR count). The zero-order valence-electron chi connectivity index (χ0n) is 12.6. The Morgan fingerprint density at radius 1 is 1.00 bits per heavy atom. The van der Waals surface area contributed by atoms with E-state index in [2.05, 4.69) is 77.7 Å². The van der Waals surface area contributed by atoms with E-state index in [9.17, 15) is 0 Å². The largest absolute Gasteiger partial charge is 0.271 e. The average Bonchev–Trinajstić information content (AvgIpc) is 2.47. The van der Waals surface area contributed by atoms with Crippen molar-refractivity contribution in [1.29, 1.82) is 0 Å². The molecule has 0 aliphatic heterocycles. The number of benzene rings is 2. The van der Waals surface area contributed by atoms with Crippen molar-refractivity contribution < 1.29 is 0 Å². The summed E-state index contributed by atoms with van der Waals surface area (Å²) in [5.74, 6) is 6.30. The third-order valence-corrected chi connectivity index (χ3v) is 4.23. The molecule has 1 unspecified atom stereocenters. The van der Waals surface area contributed by atoms with Crippen LogP contribution in [0.3, 0.4) is 0 Å². The van der Waals surface area contributed by atoms with Crippen LogP contribution in [0.5, 0.6) is 0 Å². The first-order chi connectivity index (χ1) is 10.1. The van der Waals surface area contributed by atoms with Gasteiger partial charge in [-0.05, 0) is 47.6 Å². The summed E-state index contributed by atoms with van der Waals surface area (Å²) < 4.78 is 1.11. The van der Waals surface area contributed by atoms with E-state index in [1.165, 1.54) is 16.7 Å². The molecule has 0 saturated heterocycles. The molecule has 0 spiro atoms. The van der Waals surface area contributed by atoms with Gasteiger partial charge in [-0.2, -0.15) is 0 Å². The van der Waals surface area contributed by atoms with Gasteiger partial charge < -0.3 is 0 Å². The zero-order chi connectivity index (χ0) is 15.2. The molecule has 2 aromatic carbocycles. The summed E-state index contributed by atoms with van der Waals surface area (Å²) in [5.41, 5.74) is 6.92. The van der Waals surface area contributed by atoms with E-state index in [1.54, 1.807) is 0 Å². The molecule has 2 aromatic rings. The van der Waals surface area contributed by atoms with Crippen molar-refractivity contribution in [3.05, 3.63) is 69.7 Å². The molecule has 3 N–H and O–H groups in total. The van der Waals surface area contributed by atoms with E-state index in [4.69, 9.17) is 5.84 Å². The van der Waals surface area contributed by atoms with E-state index in [1.807, 2.05) is 6.07 Å². The van der Waals surface area contributed by atoms with Crippen LogP contribution >= 0.6 is 15.9 Å². The van der Waals surface area contributed by atoms with E-state index >= 15 is 0 Å². The van der Waals surface area contributed by atoms with E-state index in [0.29, 0.717) is 5.92 Å². The van der Waals surface area contributed by atoms with Crippen LogP contribution in [0.4, 0.5) is 0 Å². The van der Waals surface area contributed by atoms with Crippen LogP contribution in [0.2, 0.25) is 0 Å². The molecule has 0 fully saturated rings. The van der Waals surface area contributed by atoms with Crippen molar-refractivity contribution in [3.8, 4) is 0 Å². The highest BCUT2D eigenvalue weighted by atomic mass is 79.9. The summed E-state index contributed by atoms with van der Waals surface area (Å²) in [6, 6.07) is 17.5. The topological polar surface area (TPSA) is 38.0 Å². The SMILES string of the molecule is CC(C)c1ccc(CC(Cc2cccc(Br)c2)NN)cc1. The highest BCUT2D eigenvalue weighted by Gasteiger charge is 2.09. The number of hydrazine groups is 1. The maximum absolute atomic E-state index is 5.72. The van der Waals surface area contributed by atoms with Crippen LogP contribution in [0, 0.1) is 0 Å². The van der Waals surface area contributed by atoms with Gasteiger partial charge in [0.25, 0.3) is 0 Å². The zero-order valence-corrected chi connectivity index (χ0v) is 14.2. The maximum atomic E-state index is 5.72. The fourth-order valence-electron chi connectivity index (χ4n) is 2.46. The van der Waals surface area contributed by atoms with Gasteiger partial charge >= 0.3 is 0 Å². The molecular formula is C18H23BrN2. The molecule has 0 bridgehead atoms. The lowest BCUT2D eigenvalue weighted by atomic mass is 9.96. The second-order valence-corrected chi connectivity index (χ2v) is 6.71. The first kappa shape index (κ1) is 16.2. The number of hydrogen-bond donors (Lipinski definition) is 2. The van der Waals surface area contributed by atoms with Gasteiger partial charge in [0.2, 0.25) is 0 Å².